The van der Waals surface area contributed by atoms with Crippen LogP contribution in [-0.4, -0.2) is 45.5 Å². The third kappa shape index (κ3) is 4.56. The number of benzene rings is 1. The zero-order valence-electron chi connectivity index (χ0n) is 15.1. The molecule has 1 aliphatic rings. The first-order valence-electron chi connectivity index (χ1n) is 8.80. The Labute approximate surface area is 165 Å². The zero-order valence-corrected chi connectivity index (χ0v) is 15.9. The predicted octanol–water partition coefficient (Wildman–Crippen LogP) is 2.62. The summed E-state index contributed by atoms with van der Waals surface area (Å²) in [6, 6.07) is 2.75. The molecule has 1 fully saturated rings. The van der Waals surface area contributed by atoms with E-state index in [1.54, 1.807) is 13.0 Å². The highest BCUT2D eigenvalue weighted by molar-refractivity contribution is 6.30. The van der Waals surface area contributed by atoms with Crippen molar-refractivity contribution in [1.82, 2.24) is 10.1 Å². The number of aryl methyl sites for hydroxylation is 1. The molecule has 1 amide bonds. The van der Waals surface area contributed by atoms with Crippen molar-refractivity contribution >= 4 is 23.3 Å². The fourth-order valence-electron chi connectivity index (χ4n) is 3.37. The normalized spacial score (nSPS) is 19.2. The molecular formula is C19H19ClF2N2O4. The van der Waals surface area contributed by atoms with Crippen LogP contribution < -0.4 is 0 Å². The van der Waals surface area contributed by atoms with E-state index < -0.39 is 23.8 Å². The summed E-state index contributed by atoms with van der Waals surface area (Å²) >= 11 is 5.60. The number of halogens is 3. The fraction of sp³-hybridized carbons (Fsp3) is 0.421. The molecule has 2 aromatic rings. The number of Topliss-reactive ketones (excluding diaryl/α,β-unsaturated/α-hetero) is 1. The molecule has 1 saturated heterocycles. The van der Waals surface area contributed by atoms with Gasteiger partial charge in [-0.05, 0) is 25.5 Å². The summed E-state index contributed by atoms with van der Waals surface area (Å²) in [6.45, 7) is 1.74. The lowest BCUT2D eigenvalue weighted by atomic mass is 10.0. The van der Waals surface area contributed by atoms with Crippen molar-refractivity contribution in [3.63, 3.8) is 0 Å². The predicted molar refractivity (Wildman–Crippen MR) is 95.8 cm³/mol. The monoisotopic (exact) mass is 412 g/mol. The Hall–Kier alpha value is -2.32. The second-order valence-corrected chi connectivity index (χ2v) is 7.31. The Morgan fingerprint density at radius 1 is 1.32 bits per heavy atom. The second kappa shape index (κ2) is 8.36. The summed E-state index contributed by atoms with van der Waals surface area (Å²) < 4.78 is 32.8. The number of aromatic nitrogens is 1. The molecule has 1 aliphatic heterocycles. The number of hydrogen-bond acceptors (Lipinski definition) is 5. The van der Waals surface area contributed by atoms with Gasteiger partial charge in [0.05, 0.1) is 24.3 Å². The second-order valence-electron chi connectivity index (χ2n) is 6.88. The van der Waals surface area contributed by atoms with E-state index in [0.717, 1.165) is 12.1 Å². The van der Waals surface area contributed by atoms with Gasteiger partial charge >= 0.3 is 0 Å². The molecule has 0 unspecified atom stereocenters. The maximum atomic E-state index is 13.9. The van der Waals surface area contributed by atoms with Crippen molar-refractivity contribution in [2.24, 2.45) is 0 Å². The molecule has 150 valence electrons. The van der Waals surface area contributed by atoms with E-state index in [4.69, 9.17) is 16.1 Å². The highest BCUT2D eigenvalue weighted by Gasteiger charge is 2.38. The maximum Gasteiger partial charge on any atom is 0.231 e. The van der Waals surface area contributed by atoms with Crippen LogP contribution in [0.1, 0.15) is 29.9 Å². The fourth-order valence-corrected chi connectivity index (χ4v) is 3.56. The molecular weight excluding hydrogens is 394 g/mol. The minimum Gasteiger partial charge on any atom is -0.391 e. The molecule has 1 aromatic heterocycles. The lowest BCUT2D eigenvalue weighted by molar-refractivity contribution is -0.137. The van der Waals surface area contributed by atoms with Crippen LogP contribution in [0.4, 0.5) is 8.78 Å². The van der Waals surface area contributed by atoms with Crippen LogP contribution in [0.2, 0.25) is 5.02 Å². The van der Waals surface area contributed by atoms with Crippen LogP contribution >= 0.6 is 11.6 Å². The van der Waals surface area contributed by atoms with Crippen LogP contribution in [0.15, 0.2) is 22.7 Å². The summed E-state index contributed by atoms with van der Waals surface area (Å²) in [7, 11) is 0. The number of aliphatic hydroxyl groups is 1. The lowest BCUT2D eigenvalue weighted by Crippen LogP contribution is -2.41. The Bertz CT molecular complexity index is 879. The maximum absolute atomic E-state index is 13.9. The van der Waals surface area contributed by atoms with Gasteiger partial charge in [0.2, 0.25) is 5.91 Å². The number of carbonyl (C=O) groups is 2. The van der Waals surface area contributed by atoms with Gasteiger partial charge in [-0.25, -0.2) is 8.78 Å². The van der Waals surface area contributed by atoms with Crippen molar-refractivity contribution in [1.29, 1.82) is 0 Å². The Kier molecular flexibility index (Phi) is 6.10. The Morgan fingerprint density at radius 2 is 2.00 bits per heavy atom. The number of nitrogens with zero attached hydrogens (tertiary/aromatic N) is 2. The molecule has 0 saturated carbocycles. The van der Waals surface area contributed by atoms with Gasteiger partial charge in [0.1, 0.15) is 17.4 Å². The Morgan fingerprint density at radius 3 is 2.61 bits per heavy atom. The van der Waals surface area contributed by atoms with Crippen LogP contribution in [-0.2, 0) is 22.4 Å². The molecule has 9 heteroatoms. The largest absolute Gasteiger partial charge is 0.391 e. The van der Waals surface area contributed by atoms with Gasteiger partial charge in [0.25, 0.3) is 0 Å². The molecule has 28 heavy (non-hydrogen) atoms. The molecule has 0 spiro atoms. The zero-order chi connectivity index (χ0) is 20.4. The van der Waals surface area contributed by atoms with Gasteiger partial charge in [-0.2, -0.15) is 0 Å². The molecule has 6 nitrogen and oxygen atoms in total. The van der Waals surface area contributed by atoms with E-state index in [9.17, 15) is 23.5 Å². The minimum absolute atomic E-state index is 0.0199. The average molecular weight is 413 g/mol. The average Bonchev–Trinajstić information content (AvgIpc) is 3.19. The number of likely N-dealkylation sites (tertiary alicyclic amines) is 1. The van der Waals surface area contributed by atoms with Crippen molar-refractivity contribution in [3.05, 3.63) is 51.9 Å². The topological polar surface area (TPSA) is 83.6 Å². The van der Waals surface area contributed by atoms with E-state index in [1.807, 2.05) is 0 Å². The van der Waals surface area contributed by atoms with Crippen LogP contribution in [0.3, 0.4) is 0 Å². The Balaban J connectivity index is 1.66. The summed E-state index contributed by atoms with van der Waals surface area (Å²) in [6.07, 6.45) is -1.16. The van der Waals surface area contributed by atoms with Gasteiger partial charge in [-0.1, -0.05) is 16.8 Å². The number of hydrogen-bond donors (Lipinski definition) is 1. The number of ketones is 1. The van der Waals surface area contributed by atoms with Crippen molar-refractivity contribution in [2.75, 3.05) is 6.54 Å². The SMILES string of the molecule is Cc1cc(CC(=O)N2C[C@H](O)C[C@H]2C(=O)CCc2c(F)cc(Cl)cc2F)on1. The highest BCUT2D eigenvalue weighted by Crippen LogP contribution is 2.24. The number of β-amino-alcohol motifs (C(OH)–C–C–N with tert-alkyl or cyclic N) is 1. The molecule has 3 rings (SSSR count). The van der Waals surface area contributed by atoms with E-state index in [0.29, 0.717) is 11.5 Å². The first-order chi connectivity index (χ1) is 13.2. The van der Waals surface area contributed by atoms with Gasteiger partial charge in [-0.15, -0.1) is 0 Å². The highest BCUT2D eigenvalue weighted by atomic mass is 35.5. The quantitative estimate of drug-likeness (QED) is 0.788. The molecule has 0 bridgehead atoms. The van der Waals surface area contributed by atoms with Crippen LogP contribution in [0.25, 0.3) is 0 Å². The van der Waals surface area contributed by atoms with E-state index in [-0.39, 0.29) is 54.5 Å². The number of amides is 1. The summed E-state index contributed by atoms with van der Waals surface area (Å²) in [5.74, 6) is -2.03. The third-order valence-corrected chi connectivity index (χ3v) is 4.92. The minimum atomic E-state index is -0.843. The van der Waals surface area contributed by atoms with Gasteiger partial charge in [0.15, 0.2) is 5.78 Å². The first kappa shape index (κ1) is 20.4. The lowest BCUT2D eigenvalue weighted by Gasteiger charge is -2.23. The molecule has 1 N–H and O–H groups in total. The standard InChI is InChI=1S/C19H19ClF2N2O4/c1-10-4-13(28-23-10)8-19(27)24-9-12(25)7-17(24)18(26)3-2-14-15(21)5-11(20)6-16(14)22/h4-6,12,17,25H,2-3,7-9H2,1H3/t12-,17+/m1/s1. The van der Waals surface area contributed by atoms with Gasteiger partial charge in [-0.3, -0.25) is 9.59 Å². The number of aliphatic hydroxyl groups excluding tert-OH is 1. The van der Waals surface area contributed by atoms with E-state index >= 15 is 0 Å². The van der Waals surface area contributed by atoms with Gasteiger partial charge < -0.3 is 14.5 Å². The van der Waals surface area contributed by atoms with Crippen molar-refractivity contribution < 1.29 is 28.0 Å². The summed E-state index contributed by atoms with van der Waals surface area (Å²) in [4.78, 5) is 26.4. The van der Waals surface area contributed by atoms with E-state index in [1.165, 1.54) is 4.90 Å². The molecule has 1 aromatic carbocycles. The van der Waals surface area contributed by atoms with E-state index in [2.05, 4.69) is 5.16 Å². The molecule has 0 aliphatic carbocycles. The van der Waals surface area contributed by atoms with Crippen LogP contribution in [0, 0.1) is 18.6 Å². The van der Waals surface area contributed by atoms with Crippen LogP contribution in [0.5, 0.6) is 0 Å². The van der Waals surface area contributed by atoms with Gasteiger partial charge in [0, 0.05) is 36.0 Å². The number of carbonyl (C=O) groups excluding carboxylic acids is 2. The number of rotatable bonds is 6. The first-order valence-corrected chi connectivity index (χ1v) is 9.18. The smallest absolute Gasteiger partial charge is 0.231 e. The molecule has 2 atom stereocenters. The van der Waals surface area contributed by atoms with Crippen molar-refractivity contribution in [2.45, 2.75) is 44.8 Å². The van der Waals surface area contributed by atoms with Crippen molar-refractivity contribution in [3.8, 4) is 0 Å². The summed E-state index contributed by atoms with van der Waals surface area (Å²) in [5, 5.41) is 13.6. The summed E-state index contributed by atoms with van der Waals surface area (Å²) in [5.41, 5.74) is 0.398. The molecule has 2 heterocycles. The molecule has 0 radical (unpaired) electrons. The third-order valence-electron chi connectivity index (χ3n) is 4.70.